The molecule has 1 aliphatic heterocycles. The molecule has 0 radical (unpaired) electrons. The second-order valence-corrected chi connectivity index (χ2v) is 10.2. The summed E-state index contributed by atoms with van der Waals surface area (Å²) in [6.07, 6.45) is 1.64. The van der Waals surface area contributed by atoms with Crippen molar-refractivity contribution in [2.75, 3.05) is 23.8 Å². The second kappa shape index (κ2) is 11.6. The van der Waals surface area contributed by atoms with E-state index in [9.17, 15) is 19.5 Å². The molecule has 0 bridgehead atoms. The third kappa shape index (κ3) is 5.79. The number of rotatable bonds is 9. The first-order valence-electron chi connectivity index (χ1n) is 12.3. The van der Waals surface area contributed by atoms with Crippen LogP contribution in [0.25, 0.3) is 0 Å². The molecule has 0 saturated carbocycles. The van der Waals surface area contributed by atoms with Crippen LogP contribution in [-0.2, 0) is 9.53 Å². The molecule has 0 spiro atoms. The van der Waals surface area contributed by atoms with E-state index in [2.05, 4.69) is 23.5 Å². The van der Waals surface area contributed by atoms with E-state index in [-0.39, 0.29) is 40.6 Å². The van der Waals surface area contributed by atoms with Crippen LogP contribution in [0, 0.1) is 0 Å². The fourth-order valence-electron chi connectivity index (χ4n) is 4.33. The monoisotopic (exact) mass is 537 g/mol. The summed E-state index contributed by atoms with van der Waals surface area (Å²) in [6.45, 7) is 5.04. The van der Waals surface area contributed by atoms with Crippen LogP contribution < -0.4 is 21.7 Å². The first-order chi connectivity index (χ1) is 18.2. The van der Waals surface area contributed by atoms with Crippen molar-refractivity contribution in [2.45, 2.75) is 44.8 Å². The number of aromatic nitrogens is 1. The number of nitrogens with zero attached hydrogens (tertiary/aromatic N) is 2. The Morgan fingerprint density at radius 2 is 1.79 bits per heavy atom. The Bertz CT molecular complexity index is 1300. The lowest BCUT2D eigenvalue weighted by Gasteiger charge is -2.32. The second-order valence-electron chi connectivity index (χ2n) is 9.43. The molecule has 1 saturated heterocycles. The fraction of sp³-hybridized carbons (Fsp3) is 0.333. The van der Waals surface area contributed by atoms with Crippen LogP contribution in [-0.4, -0.2) is 46.5 Å². The van der Waals surface area contributed by atoms with Crippen molar-refractivity contribution in [1.29, 1.82) is 0 Å². The summed E-state index contributed by atoms with van der Waals surface area (Å²) in [5.41, 5.74) is 13.1. The molecule has 1 aliphatic rings. The molecule has 1 aromatic heterocycles. The van der Waals surface area contributed by atoms with Crippen molar-refractivity contribution in [1.82, 2.24) is 9.69 Å². The van der Waals surface area contributed by atoms with Crippen molar-refractivity contribution in [2.24, 2.45) is 5.73 Å². The summed E-state index contributed by atoms with van der Waals surface area (Å²) in [7, 11) is 0. The number of anilines is 2. The molecule has 3 aromatic rings. The molecule has 11 heteroatoms. The van der Waals surface area contributed by atoms with Crippen molar-refractivity contribution in [3.8, 4) is 5.75 Å². The van der Waals surface area contributed by atoms with E-state index in [0.29, 0.717) is 17.9 Å². The highest BCUT2D eigenvalue weighted by Crippen LogP contribution is 2.34. The first-order valence-corrected chi connectivity index (χ1v) is 13.1. The maximum Gasteiger partial charge on any atom is 0.273 e. The number of phenolic OH excluding ortho intramolecular Hbond substituents is 1. The maximum atomic E-state index is 14.1. The van der Waals surface area contributed by atoms with Crippen LogP contribution in [0.1, 0.15) is 69.9 Å². The highest BCUT2D eigenvalue weighted by molar-refractivity contribution is 7.09. The predicted octanol–water partition coefficient (Wildman–Crippen LogP) is 3.34. The zero-order chi connectivity index (χ0) is 27.4. The van der Waals surface area contributed by atoms with E-state index < -0.39 is 23.8 Å². The standard InChI is InChI=1S/C27H31N5O5S/c1-15(2)16-5-9-18(10-6-16)32(27(36)24-21(28)22(25(29)34)31-38-24)23(17-7-11-19(33)12-8-17)26(35)30-14-20-4-3-13-37-20/h5-12,15,20,23,33H,3-4,13-14,28H2,1-2H3,(H2,29,34)(H,30,35)/t20-,23-/m1/s1. The Morgan fingerprint density at radius 3 is 2.34 bits per heavy atom. The fourth-order valence-corrected chi connectivity index (χ4v) is 5.08. The number of nitrogen functional groups attached to an aromatic ring is 1. The molecule has 6 N–H and O–H groups in total. The minimum atomic E-state index is -1.13. The quantitative estimate of drug-likeness (QED) is 0.325. The lowest BCUT2D eigenvalue weighted by Crippen LogP contribution is -2.45. The van der Waals surface area contributed by atoms with Gasteiger partial charge >= 0.3 is 0 Å². The number of nitrogens with two attached hydrogens (primary N) is 2. The topological polar surface area (TPSA) is 161 Å². The molecule has 4 rings (SSSR count). The van der Waals surface area contributed by atoms with Gasteiger partial charge in [0.2, 0.25) is 5.91 Å². The summed E-state index contributed by atoms with van der Waals surface area (Å²) in [6, 6.07) is 12.2. The molecule has 2 aromatic carbocycles. The number of aromatic hydroxyl groups is 1. The van der Waals surface area contributed by atoms with Crippen LogP contribution >= 0.6 is 11.5 Å². The SMILES string of the molecule is CC(C)c1ccc(N(C(=O)c2snc(C(N)=O)c2N)[C@@H](C(=O)NC[C@H]2CCCO2)c2ccc(O)cc2)cc1. The number of amides is 3. The molecule has 1 fully saturated rings. The Kier molecular flexibility index (Phi) is 8.28. The predicted molar refractivity (Wildman–Crippen MR) is 145 cm³/mol. The Balaban J connectivity index is 1.81. The van der Waals surface area contributed by atoms with Crippen LogP contribution in [0.2, 0.25) is 0 Å². The van der Waals surface area contributed by atoms with Gasteiger partial charge in [0, 0.05) is 18.8 Å². The molecular formula is C27H31N5O5S. The molecule has 38 heavy (non-hydrogen) atoms. The maximum absolute atomic E-state index is 14.1. The Morgan fingerprint density at radius 1 is 1.13 bits per heavy atom. The van der Waals surface area contributed by atoms with E-state index >= 15 is 0 Å². The van der Waals surface area contributed by atoms with Gasteiger partial charge in [0.05, 0.1) is 11.8 Å². The van der Waals surface area contributed by atoms with Gasteiger partial charge in [0.15, 0.2) is 5.69 Å². The van der Waals surface area contributed by atoms with E-state index in [1.54, 1.807) is 24.3 Å². The van der Waals surface area contributed by atoms with E-state index in [4.69, 9.17) is 16.2 Å². The van der Waals surface area contributed by atoms with Gasteiger partial charge in [-0.3, -0.25) is 19.3 Å². The van der Waals surface area contributed by atoms with Crippen molar-refractivity contribution >= 4 is 40.6 Å². The van der Waals surface area contributed by atoms with Gasteiger partial charge in [-0.25, -0.2) is 0 Å². The number of phenols is 1. The minimum Gasteiger partial charge on any atom is -0.508 e. The summed E-state index contributed by atoms with van der Waals surface area (Å²) in [5.74, 6) is -1.63. The molecule has 0 aliphatic carbocycles. The number of ether oxygens (including phenoxy) is 1. The van der Waals surface area contributed by atoms with Gasteiger partial charge in [0.1, 0.15) is 16.7 Å². The molecule has 200 valence electrons. The van der Waals surface area contributed by atoms with Crippen LogP contribution in [0.15, 0.2) is 48.5 Å². The summed E-state index contributed by atoms with van der Waals surface area (Å²) < 4.78 is 9.62. The lowest BCUT2D eigenvalue weighted by molar-refractivity contribution is -0.123. The molecule has 2 heterocycles. The zero-order valence-corrected chi connectivity index (χ0v) is 22.0. The van der Waals surface area contributed by atoms with Crippen LogP contribution in [0.5, 0.6) is 5.75 Å². The molecular weight excluding hydrogens is 506 g/mol. The molecule has 0 unspecified atom stereocenters. The van der Waals surface area contributed by atoms with E-state index in [0.717, 1.165) is 29.9 Å². The number of carbonyl (C=O) groups excluding carboxylic acids is 3. The smallest absolute Gasteiger partial charge is 0.273 e. The molecule has 3 amide bonds. The number of hydrogen-bond donors (Lipinski definition) is 4. The summed E-state index contributed by atoms with van der Waals surface area (Å²) in [5, 5.41) is 12.8. The minimum absolute atomic E-state index is 0.0116. The van der Waals surface area contributed by atoms with E-state index in [1.165, 1.54) is 17.0 Å². The van der Waals surface area contributed by atoms with Crippen molar-refractivity contribution in [3.05, 3.63) is 70.2 Å². The third-order valence-electron chi connectivity index (χ3n) is 6.46. The largest absolute Gasteiger partial charge is 0.508 e. The lowest BCUT2D eigenvalue weighted by atomic mass is 10.00. The molecule has 10 nitrogen and oxygen atoms in total. The Labute approximate surface area is 224 Å². The average Bonchev–Trinajstić information content (AvgIpc) is 3.56. The third-order valence-corrected chi connectivity index (χ3v) is 7.31. The number of nitrogens with one attached hydrogen (secondary N) is 1. The summed E-state index contributed by atoms with van der Waals surface area (Å²) >= 11 is 0.745. The molecule has 2 atom stereocenters. The number of primary amides is 1. The van der Waals surface area contributed by atoms with Gasteiger partial charge in [-0.05, 0) is 65.7 Å². The Hall–Kier alpha value is -3.96. The van der Waals surface area contributed by atoms with Crippen LogP contribution in [0.3, 0.4) is 0 Å². The van der Waals surface area contributed by atoms with Gasteiger partial charge in [-0.2, -0.15) is 4.37 Å². The van der Waals surface area contributed by atoms with Crippen molar-refractivity contribution in [3.63, 3.8) is 0 Å². The van der Waals surface area contributed by atoms with Gasteiger partial charge < -0.3 is 26.6 Å². The number of carbonyl (C=O) groups is 3. The van der Waals surface area contributed by atoms with Gasteiger partial charge in [-0.1, -0.05) is 38.1 Å². The van der Waals surface area contributed by atoms with Crippen LogP contribution in [0.4, 0.5) is 11.4 Å². The first kappa shape index (κ1) is 27.1. The van der Waals surface area contributed by atoms with Gasteiger partial charge in [-0.15, -0.1) is 0 Å². The normalized spacial score (nSPS) is 15.8. The highest BCUT2D eigenvalue weighted by atomic mass is 32.1. The highest BCUT2D eigenvalue weighted by Gasteiger charge is 2.36. The number of benzene rings is 2. The summed E-state index contributed by atoms with van der Waals surface area (Å²) in [4.78, 5) is 40.9. The van der Waals surface area contributed by atoms with Crippen molar-refractivity contribution < 1.29 is 24.2 Å². The van der Waals surface area contributed by atoms with Gasteiger partial charge in [0.25, 0.3) is 11.8 Å². The van der Waals surface area contributed by atoms with E-state index in [1.807, 2.05) is 12.1 Å². The average molecular weight is 538 g/mol. The number of hydrogen-bond acceptors (Lipinski definition) is 8. The zero-order valence-electron chi connectivity index (χ0n) is 21.2.